The average molecular weight is 1020 g/mol. The number of rotatable bonds is 23. The van der Waals surface area contributed by atoms with Gasteiger partial charge in [-0.15, -0.1) is 0 Å². The number of cyclic esters (lactones) is 1. The van der Waals surface area contributed by atoms with E-state index in [4.69, 9.17) is 33.5 Å². The molecule has 3 rings (SSSR count). The Bertz CT molecular complexity index is 1530. The fourth-order valence-corrected chi connectivity index (χ4v) is 10.8. The summed E-state index contributed by atoms with van der Waals surface area (Å²) < 4.78 is 36.1. The van der Waals surface area contributed by atoms with E-state index in [-0.39, 0.29) is 31.4 Å². The van der Waals surface area contributed by atoms with E-state index in [2.05, 4.69) is 6.92 Å². The van der Waals surface area contributed by atoms with Crippen LogP contribution in [0.4, 0.5) is 0 Å². The van der Waals surface area contributed by atoms with E-state index in [0.29, 0.717) is 12.8 Å². The normalized spacial score (nSPS) is 38.8. The molecular formula is C54H101NO16. The number of carbonyl (C=O) groups is 3. The van der Waals surface area contributed by atoms with Gasteiger partial charge in [0.1, 0.15) is 35.3 Å². The molecule has 0 spiro atoms. The highest BCUT2D eigenvalue weighted by atomic mass is 16.7. The van der Waals surface area contributed by atoms with Crippen LogP contribution < -0.4 is 0 Å². The van der Waals surface area contributed by atoms with Gasteiger partial charge >= 0.3 is 11.9 Å². The Hall–Kier alpha value is -1.87. The molecule has 3 fully saturated rings. The molecular weight excluding hydrogens is 919 g/mol. The number of methoxy groups -OCH3 is 1. The molecule has 3 saturated heterocycles. The maximum absolute atomic E-state index is 14.0. The molecule has 0 aromatic rings. The number of esters is 1. The lowest BCUT2D eigenvalue weighted by Gasteiger charge is -2.49. The number of ether oxygens (including phenoxy) is 6. The Kier molecular flexibility index (Phi) is 28.7. The zero-order chi connectivity index (χ0) is 53.9. The lowest BCUT2D eigenvalue weighted by atomic mass is 9.74. The van der Waals surface area contributed by atoms with Gasteiger partial charge in [0.25, 0.3) is 0 Å². The summed E-state index contributed by atoms with van der Waals surface area (Å²) in [5.41, 5.74) is -5.21. The van der Waals surface area contributed by atoms with Crippen LogP contribution in [0.3, 0.4) is 0 Å². The van der Waals surface area contributed by atoms with Crippen LogP contribution >= 0.6 is 0 Å². The van der Waals surface area contributed by atoms with E-state index in [1.165, 1.54) is 118 Å². The smallest absolute Gasteiger partial charge is 0.311 e. The number of ketones is 1. The molecule has 418 valence electrons. The van der Waals surface area contributed by atoms with Crippen LogP contribution in [0.5, 0.6) is 0 Å². The SMILES string of the molecule is CCC1OC(=O)C(C)C(OC2OC(O)CC(C)(OC)C2O)C(C)C(OC2OC(C)CC(N(C)C)C2O)C(C)(O)CC(C)C(=O)C(C)C(O)C1(C)O.CCCCCCCCCCCCCCCCCC(=O)O. The lowest BCUT2D eigenvalue weighted by molar-refractivity contribution is -0.352. The number of aliphatic hydroxyl groups excluding tert-OH is 4. The Morgan fingerprint density at radius 3 is 1.72 bits per heavy atom. The molecule has 18 atom stereocenters. The first-order valence-electron chi connectivity index (χ1n) is 27.2. The topological polar surface area (TPSA) is 251 Å². The largest absolute Gasteiger partial charge is 0.481 e. The summed E-state index contributed by atoms with van der Waals surface area (Å²) in [7, 11) is 5.01. The lowest BCUT2D eigenvalue weighted by Crippen LogP contribution is -2.62. The summed E-state index contributed by atoms with van der Waals surface area (Å²) in [6.45, 7) is 16.3. The number of nitrogens with zero attached hydrogens (tertiary/aromatic N) is 1. The van der Waals surface area contributed by atoms with Crippen LogP contribution in [0.1, 0.15) is 198 Å². The van der Waals surface area contributed by atoms with E-state index in [0.717, 1.165) is 12.8 Å². The summed E-state index contributed by atoms with van der Waals surface area (Å²) in [5, 5.41) is 77.1. The molecule has 3 heterocycles. The number of unbranched alkanes of at least 4 members (excludes halogenated alkanes) is 14. The van der Waals surface area contributed by atoms with Crippen molar-refractivity contribution in [2.24, 2.45) is 23.7 Å². The molecule has 17 heteroatoms. The van der Waals surface area contributed by atoms with Gasteiger partial charge in [-0.25, -0.2) is 0 Å². The molecule has 0 aromatic heterocycles. The van der Waals surface area contributed by atoms with Crippen molar-refractivity contribution in [1.82, 2.24) is 4.90 Å². The van der Waals surface area contributed by atoms with Gasteiger partial charge in [-0.2, -0.15) is 0 Å². The van der Waals surface area contributed by atoms with E-state index in [9.17, 15) is 45.0 Å². The van der Waals surface area contributed by atoms with Gasteiger partial charge < -0.3 is 69.1 Å². The molecule has 0 aliphatic carbocycles. The molecule has 71 heavy (non-hydrogen) atoms. The standard InChI is InChI=1S/C36H65NO14.C18H36O2/c1-13-23-36(9,45)28(41)19(4)25(39)17(2)15-34(7,44)30(51-32-26(40)22(37(10)11)14-18(3)47-32)20(5)27(21(6)31(43)48-23)50-33-29(42)35(8,46-12)16-24(38)49-33;1-2-3-4-5-6-7-8-9-10-11-12-13-14-15-16-17-18(19)20/h17-24,26-30,32-33,38,40-42,44-45H,13-16H2,1-12H3;2-17H2,1H3,(H,19,20). The minimum atomic E-state index is -2.04. The predicted molar refractivity (Wildman–Crippen MR) is 270 cm³/mol. The van der Waals surface area contributed by atoms with Crippen molar-refractivity contribution < 1.29 is 78.6 Å². The summed E-state index contributed by atoms with van der Waals surface area (Å²) >= 11 is 0. The number of carbonyl (C=O) groups excluding carboxylic acids is 2. The van der Waals surface area contributed by atoms with Crippen LogP contribution in [-0.4, -0.2) is 164 Å². The number of Topliss-reactive ketones (excluding diaryl/α,β-unsaturated/α-hetero) is 1. The van der Waals surface area contributed by atoms with Gasteiger partial charge in [-0.3, -0.25) is 14.4 Å². The number of aliphatic carboxylic acids is 1. The van der Waals surface area contributed by atoms with Crippen LogP contribution in [-0.2, 0) is 42.8 Å². The molecule has 7 N–H and O–H groups in total. The highest BCUT2D eigenvalue weighted by molar-refractivity contribution is 5.83. The number of likely N-dealkylation sites (N-methyl/N-ethyl adjacent to an activating group) is 1. The molecule has 0 bridgehead atoms. The van der Waals surface area contributed by atoms with Crippen LogP contribution in [0.15, 0.2) is 0 Å². The van der Waals surface area contributed by atoms with Crippen molar-refractivity contribution in [3.8, 4) is 0 Å². The third kappa shape index (κ3) is 20.0. The molecule has 3 aliphatic rings. The molecule has 18 unspecified atom stereocenters. The Labute approximate surface area is 427 Å². The maximum Gasteiger partial charge on any atom is 0.311 e. The molecule has 3 aliphatic heterocycles. The fourth-order valence-electron chi connectivity index (χ4n) is 10.8. The first-order valence-corrected chi connectivity index (χ1v) is 27.2. The van der Waals surface area contributed by atoms with Crippen LogP contribution in [0.25, 0.3) is 0 Å². The van der Waals surface area contributed by atoms with E-state index in [1.54, 1.807) is 27.7 Å². The average Bonchev–Trinajstić information content (AvgIpc) is 3.30. The minimum absolute atomic E-state index is 0.0785. The minimum Gasteiger partial charge on any atom is -0.481 e. The molecule has 0 saturated carbocycles. The second-order valence-corrected chi connectivity index (χ2v) is 22.3. The van der Waals surface area contributed by atoms with E-state index in [1.807, 2.05) is 25.9 Å². The Morgan fingerprint density at radius 1 is 0.718 bits per heavy atom. The Balaban J connectivity index is 0.000000725. The highest BCUT2D eigenvalue weighted by Crippen LogP contribution is 2.41. The first-order chi connectivity index (χ1) is 33.2. The third-order valence-electron chi connectivity index (χ3n) is 15.5. The highest BCUT2D eigenvalue weighted by Gasteiger charge is 2.54. The van der Waals surface area contributed by atoms with Crippen molar-refractivity contribution in [2.75, 3.05) is 21.2 Å². The predicted octanol–water partition coefficient (Wildman–Crippen LogP) is 7.05. The summed E-state index contributed by atoms with van der Waals surface area (Å²) in [6, 6.07) is -0.362. The van der Waals surface area contributed by atoms with Gasteiger partial charge in [0, 0.05) is 43.7 Å². The quantitative estimate of drug-likeness (QED) is 0.0400. The van der Waals surface area contributed by atoms with Crippen molar-refractivity contribution in [1.29, 1.82) is 0 Å². The van der Waals surface area contributed by atoms with Crippen LogP contribution in [0, 0.1) is 23.7 Å². The van der Waals surface area contributed by atoms with Crippen molar-refractivity contribution in [3.05, 3.63) is 0 Å². The molecule has 0 radical (unpaired) electrons. The monoisotopic (exact) mass is 1020 g/mol. The second kappa shape index (κ2) is 31.2. The Morgan fingerprint density at radius 2 is 1.24 bits per heavy atom. The van der Waals surface area contributed by atoms with Crippen molar-refractivity contribution in [3.63, 3.8) is 0 Å². The zero-order valence-electron chi connectivity index (χ0n) is 46.1. The van der Waals surface area contributed by atoms with Gasteiger partial charge in [0.2, 0.25) is 0 Å². The number of carboxylic acids is 1. The zero-order valence-corrected chi connectivity index (χ0v) is 46.1. The third-order valence-corrected chi connectivity index (χ3v) is 15.5. The number of carboxylic acid groups (broad SMARTS) is 1. The molecule has 0 aromatic carbocycles. The second-order valence-electron chi connectivity index (χ2n) is 22.3. The fraction of sp³-hybridized carbons (Fsp3) is 0.944. The van der Waals surface area contributed by atoms with E-state index < -0.39 is 114 Å². The summed E-state index contributed by atoms with van der Waals surface area (Å²) in [6.07, 6.45) is 7.93. The first kappa shape index (κ1) is 65.2. The molecule has 0 amide bonds. The van der Waals surface area contributed by atoms with Gasteiger partial charge in [-0.05, 0) is 74.4 Å². The summed E-state index contributed by atoms with van der Waals surface area (Å²) in [4.78, 5) is 40.0. The van der Waals surface area contributed by atoms with Gasteiger partial charge in [-0.1, -0.05) is 125 Å². The van der Waals surface area contributed by atoms with Crippen molar-refractivity contribution >= 4 is 17.7 Å². The number of hydrogen-bond acceptors (Lipinski definition) is 16. The maximum atomic E-state index is 14.0. The van der Waals surface area contributed by atoms with Gasteiger partial charge in [0.15, 0.2) is 18.9 Å². The van der Waals surface area contributed by atoms with E-state index >= 15 is 0 Å². The van der Waals surface area contributed by atoms with Gasteiger partial charge in [0.05, 0.1) is 35.9 Å². The summed E-state index contributed by atoms with van der Waals surface area (Å²) in [5.74, 6) is -6.11. The van der Waals surface area contributed by atoms with Crippen molar-refractivity contribution in [2.45, 2.75) is 282 Å². The number of hydrogen-bond donors (Lipinski definition) is 7. The van der Waals surface area contributed by atoms with Crippen LogP contribution in [0.2, 0.25) is 0 Å². The number of aliphatic hydroxyl groups is 6. The molecule has 17 nitrogen and oxygen atoms in total.